The van der Waals surface area contributed by atoms with Crippen LogP contribution in [-0.4, -0.2) is 58.0 Å². The van der Waals surface area contributed by atoms with Crippen LogP contribution in [0.4, 0.5) is 5.82 Å². The summed E-state index contributed by atoms with van der Waals surface area (Å²) in [7, 11) is 0. The topological polar surface area (TPSA) is 94.2 Å². The van der Waals surface area contributed by atoms with E-state index in [1.165, 1.54) is 0 Å². The van der Waals surface area contributed by atoms with E-state index in [1.807, 2.05) is 48.5 Å². The number of nitrogens with zero attached hydrogens (tertiary/aromatic N) is 4. The molecule has 0 unspecified atom stereocenters. The number of benzene rings is 2. The molecule has 4 aromatic rings. The van der Waals surface area contributed by atoms with E-state index < -0.39 is 0 Å². The van der Waals surface area contributed by atoms with Crippen LogP contribution in [0.2, 0.25) is 0 Å². The van der Waals surface area contributed by atoms with Crippen LogP contribution in [0.1, 0.15) is 29.0 Å². The Labute approximate surface area is 196 Å². The van der Waals surface area contributed by atoms with Crippen LogP contribution in [0.25, 0.3) is 21.8 Å². The van der Waals surface area contributed by atoms with Gasteiger partial charge in [0.25, 0.3) is 11.5 Å². The number of anilines is 1. The average Bonchev–Trinajstić information content (AvgIpc) is 3.68. The minimum absolute atomic E-state index is 0.0210. The number of fused-ring (bicyclic) bond motifs is 2. The average molecular weight is 455 g/mol. The zero-order valence-electron chi connectivity index (χ0n) is 18.8. The molecule has 172 valence electrons. The standard InChI is InChI=1S/C26H26N6O2/c33-25-19-6-2-4-8-22(19)28-23(30-25)16-31-11-13-32(14-12-31)24-15-20(26(34)27-17-9-10-17)18-5-1-3-7-21(18)29-24/h1-8,15,17H,9-14,16H2,(H,27,34)(H,28,30,33). The number of H-pyrrole nitrogens is 1. The molecule has 3 heterocycles. The summed E-state index contributed by atoms with van der Waals surface area (Å²) in [5.41, 5.74) is 2.14. The molecule has 1 aliphatic carbocycles. The van der Waals surface area contributed by atoms with E-state index in [1.54, 1.807) is 6.07 Å². The molecule has 0 radical (unpaired) electrons. The molecule has 2 aromatic heterocycles. The van der Waals surface area contributed by atoms with Crippen molar-refractivity contribution in [3.63, 3.8) is 0 Å². The number of carbonyl (C=O) groups is 1. The van der Waals surface area contributed by atoms with E-state index in [-0.39, 0.29) is 11.5 Å². The maximum atomic E-state index is 12.9. The molecule has 2 N–H and O–H groups in total. The predicted molar refractivity (Wildman–Crippen MR) is 132 cm³/mol. The molecule has 2 fully saturated rings. The van der Waals surface area contributed by atoms with Crippen molar-refractivity contribution in [2.24, 2.45) is 0 Å². The van der Waals surface area contributed by atoms with Crippen LogP contribution >= 0.6 is 0 Å². The fourth-order valence-corrected chi connectivity index (χ4v) is 4.56. The number of aromatic amines is 1. The van der Waals surface area contributed by atoms with E-state index in [2.05, 4.69) is 25.1 Å². The molecule has 0 spiro atoms. The number of pyridine rings is 1. The molecular formula is C26H26N6O2. The first-order valence-electron chi connectivity index (χ1n) is 11.8. The van der Waals surface area contributed by atoms with Gasteiger partial charge in [-0.2, -0.15) is 0 Å². The summed E-state index contributed by atoms with van der Waals surface area (Å²) in [4.78, 5) is 42.2. The zero-order chi connectivity index (χ0) is 23.1. The van der Waals surface area contributed by atoms with Gasteiger partial charge in [0.05, 0.1) is 28.5 Å². The summed E-state index contributed by atoms with van der Waals surface area (Å²) >= 11 is 0. The second-order valence-corrected chi connectivity index (χ2v) is 9.09. The number of piperazine rings is 1. The smallest absolute Gasteiger partial charge is 0.258 e. The van der Waals surface area contributed by atoms with Gasteiger partial charge in [-0.1, -0.05) is 30.3 Å². The third kappa shape index (κ3) is 4.12. The lowest BCUT2D eigenvalue weighted by molar-refractivity contribution is 0.0952. The van der Waals surface area contributed by atoms with E-state index in [0.717, 1.165) is 61.3 Å². The van der Waals surface area contributed by atoms with E-state index in [0.29, 0.717) is 29.4 Å². The van der Waals surface area contributed by atoms with Gasteiger partial charge >= 0.3 is 0 Å². The Kier molecular flexibility index (Phi) is 5.22. The van der Waals surface area contributed by atoms with Crippen molar-refractivity contribution >= 4 is 33.5 Å². The first-order valence-corrected chi connectivity index (χ1v) is 11.8. The number of hydrogen-bond acceptors (Lipinski definition) is 6. The van der Waals surface area contributed by atoms with E-state index >= 15 is 0 Å². The minimum atomic E-state index is -0.100. The van der Waals surface area contributed by atoms with Gasteiger partial charge in [0.2, 0.25) is 0 Å². The van der Waals surface area contributed by atoms with E-state index in [9.17, 15) is 9.59 Å². The zero-order valence-corrected chi connectivity index (χ0v) is 18.8. The summed E-state index contributed by atoms with van der Waals surface area (Å²) in [6, 6.07) is 17.5. The molecule has 6 rings (SSSR count). The molecule has 1 saturated heterocycles. The van der Waals surface area contributed by atoms with Crippen molar-refractivity contribution in [1.29, 1.82) is 0 Å². The number of amides is 1. The van der Waals surface area contributed by atoms with Gasteiger partial charge in [-0.15, -0.1) is 0 Å². The molecule has 2 aromatic carbocycles. The minimum Gasteiger partial charge on any atom is -0.354 e. The van der Waals surface area contributed by atoms with Crippen molar-refractivity contribution in [3.05, 3.63) is 76.3 Å². The Morgan fingerprint density at radius 2 is 1.62 bits per heavy atom. The van der Waals surface area contributed by atoms with Gasteiger partial charge in [-0.3, -0.25) is 14.5 Å². The van der Waals surface area contributed by atoms with Gasteiger partial charge in [-0.05, 0) is 37.1 Å². The number of nitrogens with one attached hydrogen (secondary N) is 2. The maximum Gasteiger partial charge on any atom is 0.258 e. The monoisotopic (exact) mass is 454 g/mol. The quantitative estimate of drug-likeness (QED) is 0.482. The Balaban J connectivity index is 1.19. The first-order chi connectivity index (χ1) is 16.6. The summed E-state index contributed by atoms with van der Waals surface area (Å²) < 4.78 is 0. The predicted octanol–water partition coefficient (Wildman–Crippen LogP) is 2.69. The fraction of sp³-hybridized carbons (Fsp3) is 0.308. The third-order valence-corrected chi connectivity index (χ3v) is 6.59. The van der Waals surface area contributed by atoms with Crippen molar-refractivity contribution in [2.75, 3.05) is 31.1 Å². The van der Waals surface area contributed by atoms with Crippen LogP contribution in [0.15, 0.2) is 59.4 Å². The molecule has 0 bridgehead atoms. The molecule has 34 heavy (non-hydrogen) atoms. The van der Waals surface area contributed by atoms with Gasteiger partial charge in [0.1, 0.15) is 11.6 Å². The van der Waals surface area contributed by atoms with E-state index in [4.69, 9.17) is 4.98 Å². The van der Waals surface area contributed by atoms with Crippen LogP contribution in [0.5, 0.6) is 0 Å². The molecule has 1 saturated carbocycles. The molecule has 2 aliphatic rings. The summed E-state index contributed by atoms with van der Waals surface area (Å²) in [6.07, 6.45) is 2.11. The lowest BCUT2D eigenvalue weighted by atomic mass is 10.1. The lowest BCUT2D eigenvalue weighted by Gasteiger charge is -2.35. The second kappa shape index (κ2) is 8.53. The van der Waals surface area contributed by atoms with Gasteiger partial charge in [0, 0.05) is 37.6 Å². The molecule has 8 nitrogen and oxygen atoms in total. The fourth-order valence-electron chi connectivity index (χ4n) is 4.56. The third-order valence-electron chi connectivity index (χ3n) is 6.59. The van der Waals surface area contributed by atoms with Crippen molar-refractivity contribution in [3.8, 4) is 0 Å². The molecule has 1 aliphatic heterocycles. The highest BCUT2D eigenvalue weighted by atomic mass is 16.1. The second-order valence-electron chi connectivity index (χ2n) is 9.09. The Bertz CT molecular complexity index is 1440. The summed E-state index contributed by atoms with van der Waals surface area (Å²) in [5.74, 6) is 1.49. The highest BCUT2D eigenvalue weighted by Gasteiger charge is 2.26. The number of hydrogen-bond donors (Lipinski definition) is 2. The van der Waals surface area contributed by atoms with Crippen LogP contribution < -0.4 is 15.8 Å². The van der Waals surface area contributed by atoms with Gasteiger partial charge in [-0.25, -0.2) is 9.97 Å². The number of carbonyl (C=O) groups excluding carboxylic acids is 1. The molecule has 1 amide bonds. The Morgan fingerprint density at radius 3 is 2.35 bits per heavy atom. The SMILES string of the molecule is O=C(NC1CC1)c1cc(N2CCN(Cc3nc4ccccc4c(=O)[nH]3)CC2)nc2ccccc12. The Morgan fingerprint density at radius 1 is 0.941 bits per heavy atom. The van der Waals surface area contributed by atoms with Crippen LogP contribution in [0.3, 0.4) is 0 Å². The molecule has 0 atom stereocenters. The van der Waals surface area contributed by atoms with Crippen molar-refractivity contribution < 1.29 is 4.79 Å². The van der Waals surface area contributed by atoms with Crippen LogP contribution in [-0.2, 0) is 6.54 Å². The Hall–Kier alpha value is -3.78. The highest BCUT2D eigenvalue weighted by Crippen LogP contribution is 2.26. The normalized spacial score (nSPS) is 16.8. The maximum absolute atomic E-state index is 12.9. The highest BCUT2D eigenvalue weighted by molar-refractivity contribution is 6.07. The van der Waals surface area contributed by atoms with Crippen molar-refractivity contribution in [2.45, 2.75) is 25.4 Å². The number of rotatable bonds is 5. The summed E-state index contributed by atoms with van der Waals surface area (Å²) in [6.45, 7) is 3.79. The number of para-hydroxylation sites is 2. The first kappa shape index (κ1) is 20.8. The van der Waals surface area contributed by atoms with Gasteiger partial charge in [0.15, 0.2) is 0 Å². The van der Waals surface area contributed by atoms with Gasteiger partial charge < -0.3 is 15.2 Å². The lowest BCUT2D eigenvalue weighted by Crippen LogP contribution is -2.46. The van der Waals surface area contributed by atoms with Crippen molar-refractivity contribution in [1.82, 2.24) is 25.2 Å². The molecular weight excluding hydrogens is 428 g/mol. The largest absolute Gasteiger partial charge is 0.354 e. The number of aromatic nitrogens is 3. The van der Waals surface area contributed by atoms with Crippen LogP contribution in [0, 0.1) is 0 Å². The summed E-state index contributed by atoms with van der Waals surface area (Å²) in [5, 5.41) is 4.61. The molecule has 8 heteroatoms.